The number of benzene rings is 1. The number of nitrogens with zero attached hydrogens (tertiary/aromatic N) is 1. The van der Waals surface area contributed by atoms with Crippen molar-refractivity contribution in [3.05, 3.63) is 32.3 Å². The van der Waals surface area contributed by atoms with E-state index in [1.807, 2.05) is 0 Å². The summed E-state index contributed by atoms with van der Waals surface area (Å²) >= 11 is 6.35. The van der Waals surface area contributed by atoms with E-state index in [1.54, 1.807) is 6.07 Å². The third kappa shape index (κ3) is 2.24. The van der Waals surface area contributed by atoms with Crippen LogP contribution >= 0.6 is 31.9 Å². The number of ether oxygens (including phenoxy) is 1. The lowest BCUT2D eigenvalue weighted by Gasteiger charge is -2.06. The summed E-state index contributed by atoms with van der Waals surface area (Å²) in [5, 5.41) is 11.1. The summed E-state index contributed by atoms with van der Waals surface area (Å²) in [6.45, 7) is 0. The number of halogens is 2. The Bertz CT molecular complexity index is 368. The summed E-state index contributed by atoms with van der Waals surface area (Å²) in [6.07, 6.45) is 0. The maximum atomic E-state index is 10.6. The van der Waals surface area contributed by atoms with E-state index in [4.69, 9.17) is 4.74 Å². The van der Waals surface area contributed by atoms with E-state index in [9.17, 15) is 10.1 Å². The van der Waals surface area contributed by atoms with Crippen molar-refractivity contribution in [1.29, 1.82) is 0 Å². The Hall–Kier alpha value is -0.620. The SMILES string of the molecule is COc1cc(Br)c([N+](=O)[O-])cc1CBr. The zero-order chi connectivity index (χ0) is 10.7. The molecule has 0 spiro atoms. The van der Waals surface area contributed by atoms with Crippen molar-refractivity contribution in [2.45, 2.75) is 5.33 Å². The molecular weight excluding hydrogens is 318 g/mol. The van der Waals surface area contributed by atoms with Gasteiger partial charge >= 0.3 is 0 Å². The number of nitro benzene ring substituents is 1. The van der Waals surface area contributed by atoms with Crippen LogP contribution in [0.25, 0.3) is 0 Å². The van der Waals surface area contributed by atoms with Crippen molar-refractivity contribution in [2.24, 2.45) is 0 Å². The molecule has 1 aromatic carbocycles. The molecule has 0 radical (unpaired) electrons. The first kappa shape index (κ1) is 11.5. The summed E-state index contributed by atoms with van der Waals surface area (Å²) in [4.78, 5) is 10.2. The van der Waals surface area contributed by atoms with Crippen molar-refractivity contribution in [1.82, 2.24) is 0 Å². The Morgan fingerprint density at radius 1 is 1.57 bits per heavy atom. The van der Waals surface area contributed by atoms with Gasteiger partial charge in [0.1, 0.15) is 5.75 Å². The first-order valence-electron chi connectivity index (χ1n) is 3.67. The lowest BCUT2D eigenvalue weighted by atomic mass is 10.2. The molecule has 0 aliphatic heterocycles. The molecule has 4 nitrogen and oxygen atoms in total. The lowest BCUT2D eigenvalue weighted by molar-refractivity contribution is -0.385. The van der Waals surface area contributed by atoms with Gasteiger partial charge in [-0.15, -0.1) is 0 Å². The predicted molar refractivity (Wildman–Crippen MR) is 60.0 cm³/mol. The van der Waals surface area contributed by atoms with E-state index in [1.165, 1.54) is 13.2 Å². The van der Waals surface area contributed by atoms with Crippen LogP contribution in [0.1, 0.15) is 5.56 Å². The quantitative estimate of drug-likeness (QED) is 0.487. The fourth-order valence-corrected chi connectivity index (χ4v) is 1.93. The van der Waals surface area contributed by atoms with Crippen LogP contribution in [0.5, 0.6) is 5.75 Å². The van der Waals surface area contributed by atoms with Gasteiger partial charge in [-0.05, 0) is 15.9 Å². The monoisotopic (exact) mass is 323 g/mol. The van der Waals surface area contributed by atoms with Gasteiger partial charge in [0.25, 0.3) is 5.69 Å². The Morgan fingerprint density at radius 3 is 2.64 bits per heavy atom. The second-order valence-electron chi connectivity index (χ2n) is 2.51. The second-order valence-corrected chi connectivity index (χ2v) is 3.92. The summed E-state index contributed by atoms with van der Waals surface area (Å²) < 4.78 is 5.49. The van der Waals surface area contributed by atoms with Gasteiger partial charge in [-0.2, -0.15) is 0 Å². The lowest BCUT2D eigenvalue weighted by Crippen LogP contribution is -1.94. The molecule has 0 unspecified atom stereocenters. The highest BCUT2D eigenvalue weighted by Gasteiger charge is 2.16. The van der Waals surface area contributed by atoms with E-state index in [-0.39, 0.29) is 5.69 Å². The topological polar surface area (TPSA) is 52.4 Å². The molecule has 1 aromatic rings. The molecule has 0 saturated carbocycles. The predicted octanol–water partition coefficient (Wildman–Crippen LogP) is 3.26. The van der Waals surface area contributed by atoms with Crippen molar-refractivity contribution < 1.29 is 9.66 Å². The van der Waals surface area contributed by atoms with Crippen LogP contribution in [0.15, 0.2) is 16.6 Å². The number of hydrogen-bond acceptors (Lipinski definition) is 3. The third-order valence-corrected chi connectivity index (χ3v) is 2.93. The number of rotatable bonds is 3. The van der Waals surface area contributed by atoms with Crippen LogP contribution in [0.3, 0.4) is 0 Å². The van der Waals surface area contributed by atoms with Crippen LogP contribution in [0, 0.1) is 10.1 Å². The molecule has 0 aliphatic rings. The van der Waals surface area contributed by atoms with E-state index in [0.29, 0.717) is 15.6 Å². The highest BCUT2D eigenvalue weighted by atomic mass is 79.9. The van der Waals surface area contributed by atoms with Crippen LogP contribution < -0.4 is 4.74 Å². The van der Waals surface area contributed by atoms with Gasteiger partial charge in [0.2, 0.25) is 0 Å². The molecule has 0 saturated heterocycles. The first-order chi connectivity index (χ1) is 6.60. The van der Waals surface area contributed by atoms with Gasteiger partial charge in [0.15, 0.2) is 0 Å². The van der Waals surface area contributed by atoms with Crippen LogP contribution in [0.2, 0.25) is 0 Å². The molecule has 76 valence electrons. The zero-order valence-corrected chi connectivity index (χ0v) is 10.5. The average Bonchev–Trinajstić information content (AvgIpc) is 2.16. The normalized spacial score (nSPS) is 9.93. The Balaban J connectivity index is 3.30. The van der Waals surface area contributed by atoms with E-state index in [0.717, 1.165) is 5.56 Å². The molecule has 0 amide bonds. The molecule has 0 atom stereocenters. The highest BCUT2D eigenvalue weighted by molar-refractivity contribution is 9.10. The molecule has 0 fully saturated rings. The first-order valence-corrected chi connectivity index (χ1v) is 5.58. The Kier molecular flexibility index (Phi) is 3.88. The van der Waals surface area contributed by atoms with Crippen LogP contribution in [-0.2, 0) is 5.33 Å². The molecular formula is C8H7Br2NO3. The number of alkyl halides is 1. The zero-order valence-electron chi connectivity index (χ0n) is 7.29. The van der Waals surface area contributed by atoms with Crippen molar-refractivity contribution in [2.75, 3.05) is 7.11 Å². The summed E-state index contributed by atoms with van der Waals surface area (Å²) in [5.41, 5.74) is 0.794. The van der Waals surface area contributed by atoms with Crippen LogP contribution in [-0.4, -0.2) is 12.0 Å². The van der Waals surface area contributed by atoms with Gasteiger partial charge in [-0.1, -0.05) is 15.9 Å². The van der Waals surface area contributed by atoms with Gasteiger partial charge in [-0.3, -0.25) is 10.1 Å². The van der Waals surface area contributed by atoms with Gasteiger partial charge < -0.3 is 4.74 Å². The van der Waals surface area contributed by atoms with Crippen molar-refractivity contribution in [3.63, 3.8) is 0 Å². The Morgan fingerprint density at radius 2 is 2.21 bits per heavy atom. The van der Waals surface area contributed by atoms with E-state index < -0.39 is 4.92 Å². The van der Waals surface area contributed by atoms with E-state index >= 15 is 0 Å². The van der Waals surface area contributed by atoms with E-state index in [2.05, 4.69) is 31.9 Å². The van der Waals surface area contributed by atoms with Crippen molar-refractivity contribution >= 4 is 37.5 Å². The minimum atomic E-state index is -0.435. The minimum Gasteiger partial charge on any atom is -0.496 e. The molecule has 1 rings (SSSR count). The maximum absolute atomic E-state index is 10.6. The molecule has 0 bridgehead atoms. The molecule has 6 heteroatoms. The smallest absolute Gasteiger partial charge is 0.284 e. The summed E-state index contributed by atoms with van der Waals surface area (Å²) in [7, 11) is 1.53. The average molecular weight is 325 g/mol. The van der Waals surface area contributed by atoms with Gasteiger partial charge in [0.05, 0.1) is 16.5 Å². The summed E-state index contributed by atoms with van der Waals surface area (Å²) in [5.74, 6) is 0.624. The largest absolute Gasteiger partial charge is 0.496 e. The molecule has 0 N–H and O–H groups in total. The number of hydrogen-bond donors (Lipinski definition) is 0. The van der Waals surface area contributed by atoms with Gasteiger partial charge in [0, 0.05) is 23.0 Å². The highest BCUT2D eigenvalue weighted by Crippen LogP contribution is 2.33. The fraction of sp³-hybridized carbons (Fsp3) is 0.250. The third-order valence-electron chi connectivity index (χ3n) is 1.69. The Labute approximate surface area is 97.7 Å². The van der Waals surface area contributed by atoms with Gasteiger partial charge in [-0.25, -0.2) is 0 Å². The van der Waals surface area contributed by atoms with Crippen LogP contribution in [0.4, 0.5) is 5.69 Å². The molecule has 14 heavy (non-hydrogen) atoms. The second kappa shape index (κ2) is 4.75. The maximum Gasteiger partial charge on any atom is 0.284 e. The number of methoxy groups -OCH3 is 1. The number of nitro groups is 1. The molecule has 0 aliphatic carbocycles. The minimum absolute atomic E-state index is 0.0419. The standard InChI is InChI=1S/C8H7Br2NO3/c1-14-8-3-6(10)7(11(12)13)2-5(8)4-9/h2-3H,4H2,1H3. The summed E-state index contributed by atoms with van der Waals surface area (Å²) in [6, 6.07) is 3.08. The molecule has 0 heterocycles. The molecule has 0 aromatic heterocycles. The fourth-order valence-electron chi connectivity index (χ4n) is 1.02. The van der Waals surface area contributed by atoms with Crippen molar-refractivity contribution in [3.8, 4) is 5.75 Å².